The van der Waals surface area contributed by atoms with Gasteiger partial charge in [-0.3, -0.25) is 9.59 Å². The standard InChI is InChI=1S/C23H43NO3/c1-3-4-5-6-7-8-9-10-11-12-13-14-15-19-22(25)24-20-17-16-18-21(2)23(26)27/h9-10,21H,3-8,11-20H2,1-2H3,(H,24,25)(H,26,27)/b10-9+/t21-/m0/s1. The molecule has 0 aliphatic rings. The molecule has 0 aromatic carbocycles. The molecule has 0 spiro atoms. The van der Waals surface area contributed by atoms with Crippen molar-refractivity contribution in [2.45, 2.75) is 110 Å². The van der Waals surface area contributed by atoms with Gasteiger partial charge in [0.15, 0.2) is 0 Å². The van der Waals surface area contributed by atoms with E-state index in [-0.39, 0.29) is 11.8 Å². The lowest BCUT2D eigenvalue weighted by Crippen LogP contribution is -2.24. The lowest BCUT2D eigenvalue weighted by Gasteiger charge is -2.07. The molecule has 1 atom stereocenters. The second-order valence-corrected chi connectivity index (χ2v) is 7.71. The lowest BCUT2D eigenvalue weighted by atomic mass is 10.0. The molecule has 0 saturated carbocycles. The highest BCUT2D eigenvalue weighted by Crippen LogP contribution is 2.09. The van der Waals surface area contributed by atoms with Crippen molar-refractivity contribution in [2.24, 2.45) is 5.92 Å². The molecule has 2 N–H and O–H groups in total. The van der Waals surface area contributed by atoms with Crippen molar-refractivity contribution in [1.82, 2.24) is 5.32 Å². The maximum Gasteiger partial charge on any atom is 0.306 e. The van der Waals surface area contributed by atoms with Crippen LogP contribution in [0, 0.1) is 5.92 Å². The van der Waals surface area contributed by atoms with Crippen LogP contribution in [0.25, 0.3) is 0 Å². The number of hydrogen-bond donors (Lipinski definition) is 2. The summed E-state index contributed by atoms with van der Waals surface area (Å²) in [7, 11) is 0. The highest BCUT2D eigenvalue weighted by molar-refractivity contribution is 5.75. The number of carboxylic acids is 1. The molecule has 0 radical (unpaired) electrons. The molecule has 0 aromatic rings. The molecule has 0 fully saturated rings. The summed E-state index contributed by atoms with van der Waals surface area (Å²) in [5.74, 6) is -0.900. The van der Waals surface area contributed by atoms with Crippen LogP contribution in [0.5, 0.6) is 0 Å². The summed E-state index contributed by atoms with van der Waals surface area (Å²) in [6.45, 7) is 4.64. The van der Waals surface area contributed by atoms with E-state index < -0.39 is 5.97 Å². The van der Waals surface area contributed by atoms with Gasteiger partial charge in [-0.15, -0.1) is 0 Å². The first-order valence-corrected chi connectivity index (χ1v) is 11.2. The Morgan fingerprint density at radius 2 is 1.44 bits per heavy atom. The van der Waals surface area contributed by atoms with E-state index in [9.17, 15) is 9.59 Å². The molecule has 158 valence electrons. The smallest absolute Gasteiger partial charge is 0.306 e. The molecule has 0 rings (SSSR count). The van der Waals surface area contributed by atoms with Crippen molar-refractivity contribution in [1.29, 1.82) is 0 Å². The number of unbranched alkanes of at least 4 members (excludes halogenated alkanes) is 10. The number of hydrogen-bond acceptors (Lipinski definition) is 2. The number of carbonyl (C=O) groups excluding carboxylic acids is 1. The normalized spacial score (nSPS) is 12.4. The average Bonchev–Trinajstić information content (AvgIpc) is 2.64. The molecular formula is C23H43NO3. The number of amides is 1. The summed E-state index contributed by atoms with van der Waals surface area (Å²) in [5.41, 5.74) is 0. The summed E-state index contributed by atoms with van der Waals surface area (Å²) in [6.07, 6.45) is 21.3. The van der Waals surface area contributed by atoms with E-state index in [0.717, 1.165) is 32.1 Å². The second kappa shape index (κ2) is 19.4. The van der Waals surface area contributed by atoms with E-state index >= 15 is 0 Å². The zero-order chi connectivity index (χ0) is 20.2. The van der Waals surface area contributed by atoms with Gasteiger partial charge < -0.3 is 10.4 Å². The first kappa shape index (κ1) is 25.7. The molecule has 0 heterocycles. The Hall–Kier alpha value is -1.32. The van der Waals surface area contributed by atoms with Crippen molar-refractivity contribution in [3.05, 3.63) is 12.2 Å². The molecule has 0 aliphatic carbocycles. The minimum atomic E-state index is -0.739. The van der Waals surface area contributed by atoms with Gasteiger partial charge in [-0.1, -0.05) is 70.9 Å². The van der Waals surface area contributed by atoms with E-state index in [4.69, 9.17) is 5.11 Å². The van der Waals surface area contributed by atoms with Gasteiger partial charge in [-0.25, -0.2) is 0 Å². The van der Waals surface area contributed by atoms with Crippen LogP contribution in [-0.2, 0) is 9.59 Å². The van der Waals surface area contributed by atoms with Crippen molar-refractivity contribution < 1.29 is 14.7 Å². The van der Waals surface area contributed by atoms with Crippen LogP contribution in [-0.4, -0.2) is 23.5 Å². The number of nitrogens with one attached hydrogen (secondary N) is 1. The topological polar surface area (TPSA) is 66.4 Å². The largest absolute Gasteiger partial charge is 0.481 e. The fraction of sp³-hybridized carbons (Fsp3) is 0.826. The predicted molar refractivity (Wildman–Crippen MR) is 114 cm³/mol. The van der Waals surface area contributed by atoms with Gasteiger partial charge in [-0.2, -0.15) is 0 Å². The Labute approximate surface area is 167 Å². The Kier molecular flexibility index (Phi) is 18.5. The van der Waals surface area contributed by atoms with Gasteiger partial charge in [0.1, 0.15) is 0 Å². The number of carbonyl (C=O) groups is 2. The first-order valence-electron chi connectivity index (χ1n) is 11.2. The third-order valence-corrected chi connectivity index (χ3v) is 4.97. The summed E-state index contributed by atoms with van der Waals surface area (Å²) in [6, 6.07) is 0. The van der Waals surface area contributed by atoms with Crippen molar-refractivity contribution in [3.8, 4) is 0 Å². The number of aliphatic carboxylic acids is 1. The first-order chi connectivity index (χ1) is 13.1. The summed E-state index contributed by atoms with van der Waals surface area (Å²) >= 11 is 0. The fourth-order valence-electron chi connectivity index (χ4n) is 3.02. The van der Waals surface area contributed by atoms with Gasteiger partial charge in [0.2, 0.25) is 5.91 Å². The molecule has 27 heavy (non-hydrogen) atoms. The van der Waals surface area contributed by atoms with Crippen LogP contribution in [0.1, 0.15) is 110 Å². The van der Waals surface area contributed by atoms with Crippen LogP contribution < -0.4 is 5.32 Å². The van der Waals surface area contributed by atoms with E-state index in [1.54, 1.807) is 6.92 Å². The molecule has 0 aliphatic heterocycles. The van der Waals surface area contributed by atoms with E-state index in [2.05, 4.69) is 24.4 Å². The van der Waals surface area contributed by atoms with Gasteiger partial charge in [0.25, 0.3) is 0 Å². The molecular weight excluding hydrogens is 338 g/mol. The van der Waals surface area contributed by atoms with Gasteiger partial charge in [0.05, 0.1) is 5.92 Å². The SMILES string of the molecule is CCCCCCC/C=C/CCCCCCC(=O)NCCCC[C@H](C)C(=O)O. The molecule has 0 saturated heterocycles. The van der Waals surface area contributed by atoms with Gasteiger partial charge in [0, 0.05) is 13.0 Å². The molecule has 0 aromatic heterocycles. The minimum absolute atomic E-state index is 0.129. The predicted octanol–water partition coefficient (Wildman–Crippen LogP) is 6.25. The zero-order valence-electron chi connectivity index (χ0n) is 17.8. The van der Waals surface area contributed by atoms with Gasteiger partial charge >= 0.3 is 5.97 Å². The van der Waals surface area contributed by atoms with Crippen molar-refractivity contribution >= 4 is 11.9 Å². The van der Waals surface area contributed by atoms with E-state index in [0.29, 0.717) is 19.4 Å². The molecule has 4 nitrogen and oxygen atoms in total. The van der Waals surface area contributed by atoms with E-state index in [1.807, 2.05) is 0 Å². The quantitative estimate of drug-likeness (QED) is 0.205. The lowest BCUT2D eigenvalue weighted by molar-refractivity contribution is -0.141. The molecule has 4 heteroatoms. The Balaban J connectivity index is 3.30. The minimum Gasteiger partial charge on any atom is -0.481 e. The van der Waals surface area contributed by atoms with Crippen LogP contribution in [0.15, 0.2) is 12.2 Å². The zero-order valence-corrected chi connectivity index (χ0v) is 17.8. The third-order valence-electron chi connectivity index (χ3n) is 4.97. The highest BCUT2D eigenvalue weighted by Gasteiger charge is 2.09. The Bertz CT molecular complexity index is 393. The summed E-state index contributed by atoms with van der Waals surface area (Å²) in [4.78, 5) is 22.4. The van der Waals surface area contributed by atoms with Crippen LogP contribution in [0.3, 0.4) is 0 Å². The molecule has 1 amide bonds. The number of allylic oxidation sites excluding steroid dienone is 2. The van der Waals surface area contributed by atoms with Crippen LogP contribution in [0.2, 0.25) is 0 Å². The van der Waals surface area contributed by atoms with Crippen molar-refractivity contribution in [2.75, 3.05) is 6.54 Å². The molecule has 0 bridgehead atoms. The van der Waals surface area contributed by atoms with E-state index in [1.165, 1.54) is 51.4 Å². The Morgan fingerprint density at radius 3 is 2.04 bits per heavy atom. The highest BCUT2D eigenvalue weighted by atomic mass is 16.4. The number of rotatable bonds is 19. The maximum atomic E-state index is 11.7. The monoisotopic (exact) mass is 381 g/mol. The third kappa shape index (κ3) is 19.3. The maximum absolute atomic E-state index is 11.7. The van der Waals surface area contributed by atoms with Crippen molar-refractivity contribution in [3.63, 3.8) is 0 Å². The Morgan fingerprint density at radius 1 is 0.852 bits per heavy atom. The summed E-state index contributed by atoms with van der Waals surface area (Å²) < 4.78 is 0. The van der Waals surface area contributed by atoms with Crippen LogP contribution >= 0.6 is 0 Å². The van der Waals surface area contributed by atoms with Gasteiger partial charge in [-0.05, 0) is 44.9 Å². The molecule has 0 unspecified atom stereocenters. The second-order valence-electron chi connectivity index (χ2n) is 7.71. The average molecular weight is 382 g/mol. The fourth-order valence-corrected chi connectivity index (χ4v) is 3.02. The van der Waals surface area contributed by atoms with Crippen LogP contribution in [0.4, 0.5) is 0 Å². The summed E-state index contributed by atoms with van der Waals surface area (Å²) in [5, 5.41) is 11.7. The number of carboxylic acid groups (broad SMARTS) is 1.